The second kappa shape index (κ2) is 13.6. The van der Waals surface area contributed by atoms with Gasteiger partial charge in [0.25, 0.3) is 0 Å². The Morgan fingerprint density at radius 1 is 0.958 bits per heavy atom. The molecular weight excluding hydrogens is 649 g/mol. The first-order valence-electron chi connectivity index (χ1n) is 15.8. The van der Waals surface area contributed by atoms with Crippen molar-refractivity contribution in [3.8, 4) is 22.8 Å². The van der Waals surface area contributed by atoms with Crippen molar-refractivity contribution in [3.05, 3.63) is 69.5 Å². The monoisotopic (exact) mass is 684 g/mol. The zero-order valence-corrected chi connectivity index (χ0v) is 26.9. The second-order valence-electron chi connectivity index (χ2n) is 12.1. The lowest BCUT2D eigenvalue weighted by molar-refractivity contribution is -0.274. The summed E-state index contributed by atoms with van der Waals surface area (Å²) in [6.07, 6.45) is -3.17. The molecule has 4 heterocycles. The molecule has 0 spiro atoms. The molecule has 254 valence electrons. The number of fused-ring (bicyclic) bond motifs is 3. The van der Waals surface area contributed by atoms with Crippen molar-refractivity contribution in [2.24, 2.45) is 5.92 Å². The number of hydrogen-bond donors (Lipinski definition) is 2. The van der Waals surface area contributed by atoms with Crippen molar-refractivity contribution < 1.29 is 27.4 Å². The van der Waals surface area contributed by atoms with Gasteiger partial charge in [0, 0.05) is 74.6 Å². The number of aromatic amines is 1. The minimum Gasteiger partial charge on any atom is -0.489 e. The number of anilines is 3. The number of hydrogen-bond acceptors (Lipinski definition) is 12. The van der Waals surface area contributed by atoms with Gasteiger partial charge in [-0.2, -0.15) is 9.36 Å². The van der Waals surface area contributed by atoms with Crippen molar-refractivity contribution in [3.63, 3.8) is 0 Å². The number of nitrogens with one attached hydrogen (secondary N) is 1. The summed E-state index contributed by atoms with van der Waals surface area (Å²) >= 11 is 1.08. The third-order valence-corrected chi connectivity index (χ3v) is 9.39. The van der Waals surface area contributed by atoms with Crippen LogP contribution in [0.15, 0.2) is 47.3 Å². The van der Waals surface area contributed by atoms with Gasteiger partial charge in [-0.3, -0.25) is 14.1 Å². The fourth-order valence-electron chi connectivity index (χ4n) is 6.39. The van der Waals surface area contributed by atoms with Crippen LogP contribution in [0.1, 0.15) is 16.7 Å². The fourth-order valence-corrected chi connectivity index (χ4v) is 6.89. The van der Waals surface area contributed by atoms with E-state index in [0.29, 0.717) is 30.7 Å². The van der Waals surface area contributed by atoms with Crippen molar-refractivity contribution in [2.45, 2.75) is 25.8 Å². The Balaban J connectivity index is 0.902. The third-order valence-electron chi connectivity index (χ3n) is 8.85. The SMILES string of the molecule is Nc1nc2c(c(N3CCN(CCOCC4CN(c5ns[nH]c5=O)C4)CC3)n1)CCc1cc(OCc3ccc(OC(F)(F)F)cc3)ccc1-2. The summed E-state index contributed by atoms with van der Waals surface area (Å²) < 4.78 is 59.9. The van der Waals surface area contributed by atoms with E-state index in [2.05, 4.69) is 33.3 Å². The normalized spacial score (nSPS) is 16.7. The summed E-state index contributed by atoms with van der Waals surface area (Å²) in [5.41, 5.74) is 10.9. The number of nitrogen functional groups attached to an aromatic ring is 1. The summed E-state index contributed by atoms with van der Waals surface area (Å²) in [4.78, 5) is 27.7. The number of H-pyrrole nitrogens is 1. The highest BCUT2D eigenvalue weighted by Gasteiger charge is 2.32. The van der Waals surface area contributed by atoms with Crippen LogP contribution in [-0.4, -0.2) is 89.0 Å². The van der Waals surface area contributed by atoms with E-state index in [0.717, 1.165) is 104 Å². The Labute approximate surface area is 278 Å². The average molecular weight is 685 g/mol. The Hall–Kier alpha value is -4.41. The van der Waals surface area contributed by atoms with Crippen LogP contribution < -0.4 is 30.6 Å². The van der Waals surface area contributed by atoms with E-state index in [-0.39, 0.29) is 23.9 Å². The lowest BCUT2D eigenvalue weighted by Gasteiger charge is -2.39. The van der Waals surface area contributed by atoms with Crippen molar-refractivity contribution in [1.29, 1.82) is 0 Å². The average Bonchev–Trinajstić information content (AvgIpc) is 3.47. The van der Waals surface area contributed by atoms with Crippen molar-refractivity contribution in [2.75, 3.05) is 74.6 Å². The maximum absolute atomic E-state index is 12.4. The molecule has 7 rings (SSSR count). The quantitative estimate of drug-likeness (QED) is 0.224. The molecular formula is C32H35F3N8O4S. The molecule has 48 heavy (non-hydrogen) atoms. The highest BCUT2D eigenvalue weighted by atomic mass is 32.1. The highest BCUT2D eigenvalue weighted by Crippen LogP contribution is 2.39. The molecule has 12 nitrogen and oxygen atoms in total. The molecule has 1 aliphatic carbocycles. The zero-order chi connectivity index (χ0) is 33.3. The molecule has 3 aliphatic rings. The lowest BCUT2D eigenvalue weighted by Crippen LogP contribution is -2.51. The maximum atomic E-state index is 12.4. The Bertz CT molecular complexity index is 1790. The summed E-state index contributed by atoms with van der Waals surface area (Å²) in [5.74, 6) is 2.45. The van der Waals surface area contributed by atoms with Crippen molar-refractivity contribution >= 4 is 29.3 Å². The van der Waals surface area contributed by atoms with E-state index in [9.17, 15) is 18.0 Å². The standard InChI is InChI=1S/C32H35F3N8O4S/c33-32(34,35)47-23-4-1-20(2-5-23)19-46-24-6-8-25-22(15-24)3-7-26-27(25)37-31(36)38-28(26)42-11-9-41(10-12-42)13-14-45-18-21-16-43(17-21)29-30(44)40-48-39-29/h1-2,4-6,8,15,21H,3,7,9-14,16-19H2,(H,40,44)(H2,36,37,38). The van der Waals surface area contributed by atoms with Gasteiger partial charge in [0.05, 0.1) is 18.9 Å². The summed E-state index contributed by atoms with van der Waals surface area (Å²) in [7, 11) is 0. The maximum Gasteiger partial charge on any atom is 0.573 e. The largest absolute Gasteiger partial charge is 0.573 e. The van der Waals surface area contributed by atoms with Gasteiger partial charge >= 0.3 is 11.9 Å². The minimum absolute atomic E-state index is 0.124. The third kappa shape index (κ3) is 7.34. The van der Waals surface area contributed by atoms with Gasteiger partial charge < -0.3 is 29.7 Å². The van der Waals surface area contributed by atoms with Crippen LogP contribution in [0.5, 0.6) is 11.5 Å². The van der Waals surface area contributed by atoms with Crippen LogP contribution in [0, 0.1) is 5.92 Å². The number of aromatic nitrogens is 4. The number of nitrogens with two attached hydrogens (primary N) is 1. The molecule has 4 aromatic rings. The molecule has 0 bridgehead atoms. The molecule has 2 aliphatic heterocycles. The molecule has 2 saturated heterocycles. The number of rotatable bonds is 11. The Morgan fingerprint density at radius 2 is 1.73 bits per heavy atom. The molecule has 16 heteroatoms. The summed E-state index contributed by atoms with van der Waals surface area (Å²) in [5, 5.41) is 0. The highest BCUT2D eigenvalue weighted by molar-refractivity contribution is 6.99. The minimum atomic E-state index is -4.73. The topological polar surface area (TPSA) is 135 Å². The van der Waals surface area contributed by atoms with Crippen LogP contribution in [0.4, 0.5) is 30.8 Å². The molecule has 2 aromatic heterocycles. The Kier molecular flexibility index (Phi) is 9.11. The molecule has 3 N–H and O–H groups in total. The molecule has 0 saturated carbocycles. The van der Waals surface area contributed by atoms with Crippen LogP contribution in [0.2, 0.25) is 0 Å². The van der Waals surface area contributed by atoms with Crippen LogP contribution >= 0.6 is 11.7 Å². The number of nitrogens with zero attached hydrogens (tertiary/aromatic N) is 6. The summed E-state index contributed by atoms with van der Waals surface area (Å²) in [6, 6.07) is 11.5. The first-order valence-corrected chi connectivity index (χ1v) is 16.6. The molecule has 0 atom stereocenters. The van der Waals surface area contributed by atoms with Gasteiger partial charge in [0.1, 0.15) is 23.9 Å². The van der Waals surface area contributed by atoms with Gasteiger partial charge in [-0.25, -0.2) is 4.98 Å². The van der Waals surface area contributed by atoms with Gasteiger partial charge in [0.15, 0.2) is 0 Å². The van der Waals surface area contributed by atoms with E-state index in [1.165, 1.54) is 12.1 Å². The number of piperazine rings is 1. The fraction of sp³-hybridized carbons (Fsp3) is 0.438. The van der Waals surface area contributed by atoms with E-state index < -0.39 is 6.36 Å². The molecule has 0 radical (unpaired) electrons. The first-order chi connectivity index (χ1) is 23.2. The van der Waals surface area contributed by atoms with E-state index in [4.69, 9.17) is 15.2 Å². The molecule has 2 aromatic carbocycles. The molecule has 0 amide bonds. The van der Waals surface area contributed by atoms with Gasteiger partial charge in [-0.1, -0.05) is 12.1 Å². The number of halogens is 3. The smallest absolute Gasteiger partial charge is 0.489 e. The van der Waals surface area contributed by atoms with Crippen LogP contribution in [0.3, 0.4) is 0 Å². The van der Waals surface area contributed by atoms with E-state index in [1.54, 1.807) is 12.1 Å². The predicted molar refractivity (Wildman–Crippen MR) is 175 cm³/mol. The molecule has 2 fully saturated rings. The van der Waals surface area contributed by atoms with Crippen molar-refractivity contribution in [1.82, 2.24) is 23.6 Å². The number of ether oxygens (including phenoxy) is 3. The van der Waals surface area contributed by atoms with E-state index >= 15 is 0 Å². The van der Waals surface area contributed by atoms with Crippen LogP contribution in [0.25, 0.3) is 11.3 Å². The van der Waals surface area contributed by atoms with Gasteiger partial charge in [-0.05, 0) is 54.3 Å². The summed E-state index contributed by atoms with van der Waals surface area (Å²) in [6.45, 7) is 7.42. The second-order valence-corrected chi connectivity index (χ2v) is 12.7. The molecule has 0 unspecified atom stereocenters. The van der Waals surface area contributed by atoms with Crippen LogP contribution in [-0.2, 0) is 24.2 Å². The zero-order valence-electron chi connectivity index (χ0n) is 26.0. The first kappa shape index (κ1) is 32.2. The number of aryl methyl sites for hydroxylation is 1. The lowest BCUT2D eigenvalue weighted by atomic mass is 9.88. The van der Waals surface area contributed by atoms with Gasteiger partial charge in [0.2, 0.25) is 11.8 Å². The van der Waals surface area contributed by atoms with Gasteiger partial charge in [-0.15, -0.1) is 13.2 Å². The Morgan fingerprint density at radius 3 is 2.46 bits per heavy atom. The number of benzene rings is 2. The van der Waals surface area contributed by atoms with E-state index in [1.807, 2.05) is 23.1 Å². The predicted octanol–water partition coefficient (Wildman–Crippen LogP) is 3.72. The number of alkyl halides is 3.